The van der Waals surface area contributed by atoms with Crippen molar-refractivity contribution in [1.29, 1.82) is 0 Å². The zero-order chi connectivity index (χ0) is 14.3. The average Bonchev–Trinajstić information content (AvgIpc) is 2.76. The van der Waals surface area contributed by atoms with Gasteiger partial charge in [-0.2, -0.15) is 5.10 Å². The molecule has 2 atom stereocenters. The van der Waals surface area contributed by atoms with Crippen LogP contribution in [0.4, 0.5) is 0 Å². The van der Waals surface area contributed by atoms with Crippen molar-refractivity contribution in [3.05, 3.63) is 18.0 Å². The summed E-state index contributed by atoms with van der Waals surface area (Å²) in [5.74, 6) is 0. The van der Waals surface area contributed by atoms with Gasteiger partial charge in [-0.1, -0.05) is 13.8 Å². The minimum Gasteiger partial charge on any atom is -0.381 e. The van der Waals surface area contributed by atoms with Crippen LogP contribution in [0.5, 0.6) is 0 Å². The van der Waals surface area contributed by atoms with Gasteiger partial charge in [0.25, 0.3) is 0 Å². The normalized spacial score (nSPS) is 26.2. The molecule has 19 heavy (non-hydrogen) atoms. The highest BCUT2D eigenvalue weighted by molar-refractivity contribution is 5.08. The Morgan fingerprint density at radius 2 is 2.16 bits per heavy atom. The molecule has 2 unspecified atom stereocenters. The Kier molecular flexibility index (Phi) is 3.76. The van der Waals surface area contributed by atoms with E-state index in [1.54, 1.807) is 7.11 Å². The van der Waals surface area contributed by atoms with E-state index in [0.717, 1.165) is 13.0 Å². The Labute approximate surface area is 116 Å². The van der Waals surface area contributed by atoms with Crippen LogP contribution in [-0.2, 0) is 16.8 Å². The van der Waals surface area contributed by atoms with E-state index in [1.165, 1.54) is 5.56 Å². The molecule has 0 spiro atoms. The summed E-state index contributed by atoms with van der Waals surface area (Å²) in [6.07, 6.45) is 5.56. The molecular weight excluding hydrogens is 238 g/mol. The molecule has 108 valence electrons. The summed E-state index contributed by atoms with van der Waals surface area (Å²) in [6.45, 7) is 11.9. The van der Waals surface area contributed by atoms with E-state index >= 15 is 0 Å². The molecule has 0 aromatic carbocycles. The van der Waals surface area contributed by atoms with Gasteiger partial charge >= 0.3 is 0 Å². The highest BCUT2D eigenvalue weighted by atomic mass is 16.5. The predicted molar refractivity (Wildman–Crippen MR) is 77.0 cm³/mol. The van der Waals surface area contributed by atoms with Crippen LogP contribution < -0.4 is 5.32 Å². The number of aromatic nitrogens is 2. The first-order chi connectivity index (χ1) is 8.75. The first-order valence-electron chi connectivity index (χ1n) is 7.05. The summed E-state index contributed by atoms with van der Waals surface area (Å²) in [5.41, 5.74) is 1.51. The fourth-order valence-corrected chi connectivity index (χ4v) is 2.69. The fourth-order valence-electron chi connectivity index (χ4n) is 2.69. The lowest BCUT2D eigenvalue weighted by Gasteiger charge is -2.51. The van der Waals surface area contributed by atoms with E-state index in [9.17, 15) is 0 Å². The molecule has 1 N–H and O–H groups in total. The molecule has 4 nitrogen and oxygen atoms in total. The van der Waals surface area contributed by atoms with Crippen molar-refractivity contribution >= 4 is 0 Å². The smallest absolute Gasteiger partial charge is 0.0652 e. The maximum Gasteiger partial charge on any atom is 0.0652 e. The van der Waals surface area contributed by atoms with Gasteiger partial charge < -0.3 is 10.1 Å². The maximum absolute atomic E-state index is 5.48. The summed E-state index contributed by atoms with van der Waals surface area (Å²) < 4.78 is 7.50. The molecule has 1 aliphatic rings. The van der Waals surface area contributed by atoms with Crippen molar-refractivity contribution in [2.75, 3.05) is 7.11 Å². The first kappa shape index (κ1) is 14.5. The fraction of sp³-hybridized carbons (Fsp3) is 0.800. The van der Waals surface area contributed by atoms with Crippen LogP contribution in [-0.4, -0.2) is 29.0 Å². The molecule has 1 aromatic heterocycles. The number of nitrogens with one attached hydrogen (secondary N) is 1. The number of ether oxygens (including phenoxy) is 1. The third-order valence-electron chi connectivity index (χ3n) is 4.34. The Balaban J connectivity index is 1.89. The second-order valence-electron chi connectivity index (χ2n) is 7.18. The highest BCUT2D eigenvalue weighted by Gasteiger charge is 2.48. The minimum atomic E-state index is 0.0507. The molecule has 1 aromatic rings. The molecule has 0 aliphatic heterocycles. The molecular formula is C15H27N3O. The monoisotopic (exact) mass is 265 g/mol. The van der Waals surface area contributed by atoms with Gasteiger partial charge in [0.05, 0.1) is 17.8 Å². The molecule has 0 bridgehead atoms. The molecule has 1 fully saturated rings. The topological polar surface area (TPSA) is 39.1 Å². The first-order valence-corrected chi connectivity index (χ1v) is 7.05. The standard InChI is InChI=1S/C15H27N3O/c1-14(2,3)18-10-11(9-17-18)8-16-12-7-13(19-6)15(12,4)5/h9-10,12-13,16H,7-8H2,1-6H3. The third-order valence-corrected chi connectivity index (χ3v) is 4.34. The second kappa shape index (κ2) is 4.91. The Morgan fingerprint density at radius 1 is 1.47 bits per heavy atom. The average molecular weight is 265 g/mol. The molecule has 0 amide bonds. The van der Waals surface area contributed by atoms with E-state index in [0.29, 0.717) is 12.1 Å². The van der Waals surface area contributed by atoms with E-state index in [1.807, 2.05) is 10.9 Å². The van der Waals surface area contributed by atoms with Gasteiger partial charge in [-0.25, -0.2) is 0 Å². The molecule has 0 saturated heterocycles. The van der Waals surface area contributed by atoms with Crippen molar-refractivity contribution < 1.29 is 4.74 Å². The summed E-state index contributed by atoms with van der Waals surface area (Å²) in [4.78, 5) is 0. The summed E-state index contributed by atoms with van der Waals surface area (Å²) in [5, 5.41) is 8.05. The minimum absolute atomic E-state index is 0.0507. The number of rotatable bonds is 4. The maximum atomic E-state index is 5.48. The quantitative estimate of drug-likeness (QED) is 0.909. The molecule has 2 rings (SSSR count). The number of hydrogen-bond donors (Lipinski definition) is 1. The van der Waals surface area contributed by atoms with E-state index in [4.69, 9.17) is 4.74 Å². The number of methoxy groups -OCH3 is 1. The van der Waals surface area contributed by atoms with E-state index in [2.05, 4.69) is 51.2 Å². The van der Waals surface area contributed by atoms with Crippen LogP contribution in [0.1, 0.15) is 46.6 Å². The largest absolute Gasteiger partial charge is 0.381 e. The summed E-state index contributed by atoms with van der Waals surface area (Å²) >= 11 is 0. The van der Waals surface area contributed by atoms with Crippen LogP contribution in [0, 0.1) is 5.41 Å². The van der Waals surface area contributed by atoms with Gasteiger partial charge in [0.15, 0.2) is 0 Å². The van der Waals surface area contributed by atoms with Crippen LogP contribution in [0.25, 0.3) is 0 Å². The van der Waals surface area contributed by atoms with Crippen molar-refractivity contribution in [1.82, 2.24) is 15.1 Å². The van der Waals surface area contributed by atoms with E-state index in [-0.39, 0.29) is 11.0 Å². The van der Waals surface area contributed by atoms with Gasteiger partial charge in [0, 0.05) is 36.9 Å². The molecule has 4 heteroatoms. The molecule has 0 radical (unpaired) electrons. The molecule has 1 heterocycles. The van der Waals surface area contributed by atoms with Crippen LogP contribution in [0.2, 0.25) is 0 Å². The Bertz CT molecular complexity index is 431. The Hall–Kier alpha value is -0.870. The van der Waals surface area contributed by atoms with Gasteiger partial charge in [0.1, 0.15) is 0 Å². The van der Waals surface area contributed by atoms with Crippen molar-refractivity contribution in [2.24, 2.45) is 5.41 Å². The molecule has 1 saturated carbocycles. The van der Waals surface area contributed by atoms with Crippen molar-refractivity contribution in [2.45, 2.75) is 65.3 Å². The van der Waals surface area contributed by atoms with Gasteiger partial charge in [-0.05, 0) is 27.2 Å². The van der Waals surface area contributed by atoms with Gasteiger partial charge in [-0.3, -0.25) is 4.68 Å². The van der Waals surface area contributed by atoms with Gasteiger partial charge in [0.2, 0.25) is 0 Å². The van der Waals surface area contributed by atoms with E-state index < -0.39 is 0 Å². The lowest BCUT2D eigenvalue weighted by Crippen LogP contribution is -2.60. The summed E-state index contributed by atoms with van der Waals surface area (Å²) in [7, 11) is 1.80. The Morgan fingerprint density at radius 3 is 2.63 bits per heavy atom. The van der Waals surface area contributed by atoms with Crippen molar-refractivity contribution in [3.8, 4) is 0 Å². The van der Waals surface area contributed by atoms with Crippen LogP contribution in [0.3, 0.4) is 0 Å². The third kappa shape index (κ3) is 2.84. The van der Waals surface area contributed by atoms with Crippen LogP contribution >= 0.6 is 0 Å². The zero-order valence-electron chi connectivity index (χ0n) is 13.0. The number of hydrogen-bond acceptors (Lipinski definition) is 3. The van der Waals surface area contributed by atoms with Crippen molar-refractivity contribution in [3.63, 3.8) is 0 Å². The lowest BCUT2D eigenvalue weighted by molar-refractivity contribution is -0.0979. The second-order valence-corrected chi connectivity index (χ2v) is 7.18. The summed E-state index contributed by atoms with van der Waals surface area (Å²) in [6, 6.07) is 0.524. The zero-order valence-corrected chi connectivity index (χ0v) is 13.0. The van der Waals surface area contributed by atoms with Gasteiger partial charge in [-0.15, -0.1) is 0 Å². The van der Waals surface area contributed by atoms with Crippen LogP contribution in [0.15, 0.2) is 12.4 Å². The molecule has 1 aliphatic carbocycles. The highest BCUT2D eigenvalue weighted by Crippen LogP contribution is 2.42. The SMILES string of the molecule is COC1CC(NCc2cnn(C(C)(C)C)c2)C1(C)C. The lowest BCUT2D eigenvalue weighted by atomic mass is 9.64. The predicted octanol–water partition coefficient (Wildman–Crippen LogP) is 2.54. The number of nitrogens with zero attached hydrogens (tertiary/aromatic N) is 2.